The molecule has 2 aromatic carbocycles. The molecule has 0 amide bonds. The molecule has 0 saturated carbocycles. The van der Waals surface area contributed by atoms with E-state index in [9.17, 15) is 13.2 Å². The molecule has 0 aliphatic heterocycles. The van der Waals surface area contributed by atoms with Crippen molar-refractivity contribution >= 4 is 17.4 Å². The monoisotopic (exact) mass is 283 g/mol. The third-order valence-electron chi connectivity index (χ3n) is 2.59. The Hall–Kier alpha value is -1.62. The number of rotatable bonds is 4. The molecule has 0 fully saturated rings. The summed E-state index contributed by atoms with van der Waals surface area (Å²) in [5.74, 6) is -3.99. The van der Waals surface area contributed by atoms with Crippen molar-refractivity contribution in [3.63, 3.8) is 0 Å². The zero-order valence-corrected chi connectivity index (χ0v) is 10.8. The number of halogens is 3. The van der Waals surface area contributed by atoms with Crippen LogP contribution in [0.25, 0.3) is 0 Å². The first-order valence-electron chi connectivity index (χ1n) is 5.60. The Kier molecular flexibility index (Phi) is 4.04. The van der Waals surface area contributed by atoms with E-state index < -0.39 is 17.5 Å². The zero-order valence-electron chi connectivity index (χ0n) is 9.95. The topological polar surface area (TPSA) is 26.0 Å². The van der Waals surface area contributed by atoms with E-state index in [2.05, 4.69) is 0 Å². The lowest BCUT2D eigenvalue weighted by molar-refractivity contribution is 0.0232. The van der Waals surface area contributed by atoms with Crippen LogP contribution in [0.2, 0.25) is 0 Å². The van der Waals surface area contributed by atoms with Crippen LogP contribution < -0.4 is 5.73 Å². The standard InChI is InChI=1S/C14H12F3NS/c15-12-8-11(6-7-13(12)18)19-9-14(16,17)10-4-2-1-3-5-10/h1-8H,9,18H2. The molecule has 0 radical (unpaired) electrons. The highest BCUT2D eigenvalue weighted by Gasteiger charge is 2.31. The minimum atomic E-state index is -2.95. The van der Waals surface area contributed by atoms with E-state index in [1.54, 1.807) is 18.2 Å². The average molecular weight is 283 g/mol. The van der Waals surface area contributed by atoms with Crippen LogP contribution in [0.4, 0.5) is 18.9 Å². The van der Waals surface area contributed by atoms with Crippen LogP contribution in [-0.2, 0) is 5.92 Å². The van der Waals surface area contributed by atoms with E-state index in [1.807, 2.05) is 0 Å². The fourth-order valence-corrected chi connectivity index (χ4v) is 2.40. The molecule has 5 heteroatoms. The summed E-state index contributed by atoms with van der Waals surface area (Å²) in [6.07, 6.45) is 0. The van der Waals surface area contributed by atoms with Crippen molar-refractivity contribution in [2.75, 3.05) is 11.5 Å². The molecule has 0 heterocycles. The van der Waals surface area contributed by atoms with Crippen LogP contribution in [0.5, 0.6) is 0 Å². The minimum absolute atomic E-state index is 0.0131. The highest BCUT2D eigenvalue weighted by molar-refractivity contribution is 7.99. The largest absolute Gasteiger partial charge is 0.396 e. The van der Waals surface area contributed by atoms with Gasteiger partial charge in [-0.2, -0.15) is 0 Å². The van der Waals surface area contributed by atoms with Crippen LogP contribution >= 0.6 is 11.8 Å². The SMILES string of the molecule is Nc1ccc(SCC(F)(F)c2ccccc2)cc1F. The summed E-state index contributed by atoms with van der Waals surface area (Å²) in [7, 11) is 0. The maximum Gasteiger partial charge on any atom is 0.282 e. The van der Waals surface area contributed by atoms with Gasteiger partial charge in [-0.25, -0.2) is 13.2 Å². The molecule has 19 heavy (non-hydrogen) atoms. The van der Waals surface area contributed by atoms with Gasteiger partial charge >= 0.3 is 0 Å². The second kappa shape index (κ2) is 5.57. The van der Waals surface area contributed by atoms with Crippen molar-refractivity contribution in [3.8, 4) is 0 Å². The van der Waals surface area contributed by atoms with Gasteiger partial charge in [0.2, 0.25) is 0 Å². The van der Waals surface area contributed by atoms with Gasteiger partial charge in [-0.1, -0.05) is 30.3 Å². The highest BCUT2D eigenvalue weighted by atomic mass is 32.2. The van der Waals surface area contributed by atoms with Gasteiger partial charge in [-0.3, -0.25) is 0 Å². The van der Waals surface area contributed by atoms with Gasteiger partial charge in [-0.15, -0.1) is 11.8 Å². The summed E-state index contributed by atoms with van der Waals surface area (Å²) in [6.45, 7) is 0. The molecule has 0 atom stereocenters. The molecule has 0 spiro atoms. The van der Waals surface area contributed by atoms with Crippen LogP contribution in [0.3, 0.4) is 0 Å². The van der Waals surface area contributed by atoms with Gasteiger partial charge in [0.05, 0.1) is 11.4 Å². The van der Waals surface area contributed by atoms with Gasteiger partial charge < -0.3 is 5.73 Å². The molecule has 100 valence electrons. The number of nitrogens with two attached hydrogens (primary N) is 1. The Balaban J connectivity index is 2.07. The number of benzene rings is 2. The van der Waals surface area contributed by atoms with Crippen LogP contribution in [0.1, 0.15) is 5.56 Å². The number of nitrogen functional groups attached to an aromatic ring is 1. The number of anilines is 1. The summed E-state index contributed by atoms with van der Waals surface area (Å²) in [5.41, 5.74) is 5.30. The number of alkyl halides is 2. The van der Waals surface area contributed by atoms with Crippen molar-refractivity contribution in [1.29, 1.82) is 0 Å². The second-order valence-electron chi connectivity index (χ2n) is 4.04. The van der Waals surface area contributed by atoms with E-state index in [1.165, 1.54) is 30.3 Å². The lowest BCUT2D eigenvalue weighted by Crippen LogP contribution is -2.16. The first-order valence-corrected chi connectivity index (χ1v) is 6.59. The maximum atomic E-state index is 13.9. The minimum Gasteiger partial charge on any atom is -0.396 e. The number of hydrogen-bond acceptors (Lipinski definition) is 2. The first-order chi connectivity index (χ1) is 8.99. The van der Waals surface area contributed by atoms with E-state index in [0.29, 0.717) is 4.90 Å². The zero-order chi connectivity index (χ0) is 13.9. The molecular weight excluding hydrogens is 271 g/mol. The molecule has 0 unspecified atom stereocenters. The molecule has 2 N–H and O–H groups in total. The van der Waals surface area contributed by atoms with E-state index in [0.717, 1.165) is 11.8 Å². The van der Waals surface area contributed by atoms with Crippen molar-refractivity contribution in [2.24, 2.45) is 0 Å². The predicted molar refractivity (Wildman–Crippen MR) is 71.9 cm³/mol. The smallest absolute Gasteiger partial charge is 0.282 e. The van der Waals surface area contributed by atoms with Crippen LogP contribution in [0.15, 0.2) is 53.4 Å². The van der Waals surface area contributed by atoms with E-state index in [-0.39, 0.29) is 11.3 Å². The van der Waals surface area contributed by atoms with Gasteiger partial charge in [0.1, 0.15) is 5.82 Å². The van der Waals surface area contributed by atoms with Gasteiger partial charge in [-0.05, 0) is 18.2 Å². The first kappa shape index (κ1) is 13.8. The van der Waals surface area contributed by atoms with E-state index >= 15 is 0 Å². The molecule has 0 aliphatic carbocycles. The molecular formula is C14H12F3NS. The van der Waals surface area contributed by atoms with Gasteiger partial charge in [0, 0.05) is 10.5 Å². The molecule has 0 aromatic heterocycles. The molecule has 0 saturated heterocycles. The highest BCUT2D eigenvalue weighted by Crippen LogP contribution is 2.34. The maximum absolute atomic E-state index is 13.9. The van der Waals surface area contributed by atoms with Crippen LogP contribution in [0, 0.1) is 5.82 Å². The average Bonchev–Trinajstić information content (AvgIpc) is 2.41. The summed E-state index contributed by atoms with van der Waals surface area (Å²) >= 11 is 0.900. The van der Waals surface area contributed by atoms with Gasteiger partial charge in [0.25, 0.3) is 5.92 Å². The lowest BCUT2D eigenvalue weighted by Gasteiger charge is -2.16. The summed E-state index contributed by atoms with van der Waals surface area (Å²) < 4.78 is 41.0. The quantitative estimate of drug-likeness (QED) is 0.669. The lowest BCUT2D eigenvalue weighted by atomic mass is 10.1. The van der Waals surface area contributed by atoms with Gasteiger partial charge in [0.15, 0.2) is 0 Å². The third kappa shape index (κ3) is 3.44. The molecule has 2 aromatic rings. The predicted octanol–water partition coefficient (Wildman–Crippen LogP) is 4.29. The molecule has 2 rings (SSSR count). The summed E-state index contributed by atoms with van der Waals surface area (Å²) in [5, 5.41) is 0. The van der Waals surface area contributed by atoms with Crippen molar-refractivity contribution in [1.82, 2.24) is 0 Å². The normalized spacial score (nSPS) is 11.5. The molecule has 0 bridgehead atoms. The molecule has 1 nitrogen and oxygen atoms in total. The van der Waals surface area contributed by atoms with Crippen molar-refractivity contribution < 1.29 is 13.2 Å². The fraction of sp³-hybridized carbons (Fsp3) is 0.143. The Morgan fingerprint density at radius 1 is 1.05 bits per heavy atom. The van der Waals surface area contributed by atoms with Crippen molar-refractivity contribution in [2.45, 2.75) is 10.8 Å². The Labute approximate surface area is 113 Å². The summed E-state index contributed by atoms with van der Waals surface area (Å²) in [4.78, 5) is 0.433. The third-order valence-corrected chi connectivity index (χ3v) is 3.68. The summed E-state index contributed by atoms with van der Waals surface area (Å²) in [6, 6.07) is 11.6. The second-order valence-corrected chi connectivity index (χ2v) is 5.09. The Bertz CT molecular complexity index is 558. The van der Waals surface area contributed by atoms with Crippen LogP contribution in [-0.4, -0.2) is 5.75 Å². The molecule has 0 aliphatic rings. The number of thioether (sulfide) groups is 1. The number of hydrogen-bond donors (Lipinski definition) is 1. The Morgan fingerprint density at radius 3 is 2.37 bits per heavy atom. The fourth-order valence-electron chi connectivity index (χ4n) is 1.54. The van der Waals surface area contributed by atoms with Crippen molar-refractivity contribution in [3.05, 3.63) is 59.9 Å². The Morgan fingerprint density at radius 2 is 1.74 bits per heavy atom. The van der Waals surface area contributed by atoms with E-state index in [4.69, 9.17) is 5.73 Å².